The van der Waals surface area contributed by atoms with Crippen LogP contribution in [0, 0.1) is 41.5 Å². The second kappa shape index (κ2) is 12.3. The highest BCUT2D eigenvalue weighted by atomic mass is 16.3. The Morgan fingerprint density at radius 2 is 0.522 bits per heavy atom. The van der Waals surface area contributed by atoms with Crippen LogP contribution in [0.15, 0.2) is 109 Å². The van der Waals surface area contributed by atoms with Crippen LogP contribution in [0.4, 0.5) is 0 Å². The molecule has 0 heterocycles. The molecule has 0 bridgehead atoms. The molecule has 46 heavy (non-hydrogen) atoms. The molecule has 0 saturated heterocycles. The summed E-state index contributed by atoms with van der Waals surface area (Å²) >= 11 is 0. The molecule has 3 nitrogen and oxygen atoms in total. The van der Waals surface area contributed by atoms with Gasteiger partial charge in [0, 0.05) is 5.92 Å². The SMILES string of the molecule is Cc1cc(C(c2cc(C)c(-c3ccc(O)cc3)c(C)c2)c2cc(C)c(-c3ccc(O)cc3)c(C)c2)cc(C)c1-c1ccc(O)cc1. The minimum Gasteiger partial charge on any atom is -0.508 e. The molecule has 0 aliphatic rings. The van der Waals surface area contributed by atoms with Crippen molar-refractivity contribution in [2.75, 3.05) is 0 Å². The first-order valence-electron chi connectivity index (χ1n) is 15.7. The van der Waals surface area contributed by atoms with Crippen LogP contribution in [0.5, 0.6) is 17.2 Å². The quantitative estimate of drug-likeness (QED) is 0.166. The minimum absolute atomic E-state index is 0.0104. The van der Waals surface area contributed by atoms with E-state index in [2.05, 4.69) is 77.9 Å². The zero-order valence-corrected chi connectivity index (χ0v) is 27.3. The Bertz CT molecular complexity index is 1740. The first-order valence-corrected chi connectivity index (χ1v) is 15.7. The van der Waals surface area contributed by atoms with Crippen molar-refractivity contribution in [3.05, 3.63) is 159 Å². The van der Waals surface area contributed by atoms with Crippen molar-refractivity contribution in [3.8, 4) is 50.6 Å². The molecule has 0 amide bonds. The Morgan fingerprint density at radius 3 is 0.717 bits per heavy atom. The normalized spacial score (nSPS) is 11.3. The van der Waals surface area contributed by atoms with Crippen LogP contribution < -0.4 is 0 Å². The van der Waals surface area contributed by atoms with Gasteiger partial charge in [0.25, 0.3) is 0 Å². The van der Waals surface area contributed by atoms with E-state index < -0.39 is 0 Å². The highest BCUT2D eigenvalue weighted by molar-refractivity contribution is 5.76. The van der Waals surface area contributed by atoms with Crippen molar-refractivity contribution in [2.45, 2.75) is 47.5 Å². The third kappa shape index (κ3) is 5.89. The molecule has 3 heteroatoms. The second-order valence-corrected chi connectivity index (χ2v) is 12.7. The summed E-state index contributed by atoms with van der Waals surface area (Å²) in [6.07, 6.45) is 0. The molecular formula is C43H40O3. The largest absolute Gasteiger partial charge is 0.508 e. The molecule has 6 aromatic carbocycles. The molecule has 0 aliphatic carbocycles. The topological polar surface area (TPSA) is 60.7 Å². The van der Waals surface area contributed by atoms with E-state index in [1.165, 1.54) is 66.8 Å². The van der Waals surface area contributed by atoms with Gasteiger partial charge >= 0.3 is 0 Å². The maximum absolute atomic E-state index is 9.89. The molecule has 0 fully saturated rings. The average molecular weight is 605 g/mol. The van der Waals surface area contributed by atoms with Crippen LogP contribution in [0.25, 0.3) is 33.4 Å². The van der Waals surface area contributed by atoms with Gasteiger partial charge in [0.2, 0.25) is 0 Å². The molecule has 0 atom stereocenters. The Labute approximate surface area is 272 Å². The Morgan fingerprint density at radius 1 is 0.326 bits per heavy atom. The van der Waals surface area contributed by atoms with E-state index in [1.807, 2.05) is 36.4 Å². The van der Waals surface area contributed by atoms with Gasteiger partial charge in [-0.05, 0) is 161 Å². The lowest BCUT2D eigenvalue weighted by molar-refractivity contribution is 0.475. The number of benzene rings is 6. The van der Waals surface area contributed by atoms with Crippen LogP contribution in [0.2, 0.25) is 0 Å². The Balaban J connectivity index is 1.54. The van der Waals surface area contributed by atoms with Gasteiger partial charge in [-0.3, -0.25) is 0 Å². The molecule has 0 unspecified atom stereocenters. The van der Waals surface area contributed by atoms with Crippen LogP contribution in [-0.4, -0.2) is 15.3 Å². The molecule has 0 spiro atoms. The number of aryl methyl sites for hydroxylation is 6. The summed E-state index contributed by atoms with van der Waals surface area (Å²) in [5.74, 6) is 0.778. The molecule has 0 radical (unpaired) electrons. The minimum atomic E-state index is -0.0104. The lowest BCUT2D eigenvalue weighted by Crippen LogP contribution is -2.08. The number of phenolic OH excluding ortho intramolecular Hbond substituents is 3. The van der Waals surface area contributed by atoms with Gasteiger partial charge in [-0.2, -0.15) is 0 Å². The van der Waals surface area contributed by atoms with Gasteiger partial charge < -0.3 is 15.3 Å². The number of hydrogen-bond donors (Lipinski definition) is 3. The van der Waals surface area contributed by atoms with Gasteiger partial charge in [0.1, 0.15) is 17.2 Å². The van der Waals surface area contributed by atoms with E-state index in [1.54, 1.807) is 36.4 Å². The van der Waals surface area contributed by atoms with E-state index in [-0.39, 0.29) is 23.2 Å². The molecule has 0 saturated carbocycles. The zero-order valence-electron chi connectivity index (χ0n) is 27.3. The van der Waals surface area contributed by atoms with E-state index in [0.29, 0.717) is 0 Å². The van der Waals surface area contributed by atoms with Gasteiger partial charge in [-0.25, -0.2) is 0 Å². The van der Waals surface area contributed by atoms with Gasteiger partial charge in [-0.15, -0.1) is 0 Å². The van der Waals surface area contributed by atoms with Crippen molar-refractivity contribution >= 4 is 0 Å². The van der Waals surface area contributed by atoms with E-state index in [0.717, 1.165) is 16.7 Å². The van der Waals surface area contributed by atoms with Crippen molar-refractivity contribution in [2.24, 2.45) is 0 Å². The predicted molar refractivity (Wildman–Crippen MR) is 190 cm³/mol. The number of phenols is 3. The van der Waals surface area contributed by atoms with Gasteiger partial charge in [-0.1, -0.05) is 72.8 Å². The highest BCUT2D eigenvalue weighted by Gasteiger charge is 2.23. The van der Waals surface area contributed by atoms with Crippen molar-refractivity contribution in [3.63, 3.8) is 0 Å². The van der Waals surface area contributed by atoms with E-state index >= 15 is 0 Å². The fraction of sp³-hybridized carbons (Fsp3) is 0.163. The lowest BCUT2D eigenvalue weighted by Gasteiger charge is -2.25. The second-order valence-electron chi connectivity index (χ2n) is 12.7. The van der Waals surface area contributed by atoms with Crippen LogP contribution >= 0.6 is 0 Å². The molecule has 230 valence electrons. The van der Waals surface area contributed by atoms with Crippen molar-refractivity contribution in [1.29, 1.82) is 0 Å². The molecule has 0 aliphatic heterocycles. The zero-order chi connectivity index (χ0) is 32.7. The van der Waals surface area contributed by atoms with E-state index in [4.69, 9.17) is 0 Å². The smallest absolute Gasteiger partial charge is 0.115 e. The number of hydrogen-bond acceptors (Lipinski definition) is 3. The van der Waals surface area contributed by atoms with E-state index in [9.17, 15) is 15.3 Å². The first kappa shape index (κ1) is 30.7. The summed E-state index contributed by atoms with van der Waals surface area (Å²) < 4.78 is 0. The maximum Gasteiger partial charge on any atom is 0.115 e. The molecule has 6 aromatic rings. The summed E-state index contributed by atoms with van der Waals surface area (Å²) in [5.41, 5.74) is 17.6. The van der Waals surface area contributed by atoms with Gasteiger partial charge in [0.15, 0.2) is 0 Å². The fourth-order valence-electron chi connectivity index (χ4n) is 7.32. The summed E-state index contributed by atoms with van der Waals surface area (Å²) in [5, 5.41) is 29.7. The summed E-state index contributed by atoms with van der Waals surface area (Å²) in [6, 6.07) is 36.2. The maximum atomic E-state index is 9.89. The molecule has 3 N–H and O–H groups in total. The number of aromatic hydroxyl groups is 3. The monoisotopic (exact) mass is 604 g/mol. The van der Waals surface area contributed by atoms with Crippen molar-refractivity contribution < 1.29 is 15.3 Å². The first-order chi connectivity index (χ1) is 22.0. The molecule has 6 rings (SSSR count). The number of rotatable bonds is 6. The standard InChI is InChI=1S/C43H40O3/c1-25-19-34(20-26(2)40(25)31-7-13-37(44)14-8-31)43(35-21-27(3)41(28(4)22-35)32-9-15-38(45)16-10-32)36-23-29(5)42(30(6)24-36)33-11-17-39(46)18-12-33/h7-24,43-46H,1-6H3. The third-order valence-corrected chi connectivity index (χ3v) is 9.13. The third-order valence-electron chi connectivity index (χ3n) is 9.13. The van der Waals surface area contributed by atoms with Gasteiger partial charge in [0.05, 0.1) is 0 Å². The van der Waals surface area contributed by atoms with Crippen molar-refractivity contribution in [1.82, 2.24) is 0 Å². The summed E-state index contributed by atoms with van der Waals surface area (Å²) in [7, 11) is 0. The average Bonchev–Trinajstić information content (AvgIpc) is 2.99. The van der Waals surface area contributed by atoms with Crippen LogP contribution in [0.3, 0.4) is 0 Å². The fourth-order valence-corrected chi connectivity index (χ4v) is 7.32. The van der Waals surface area contributed by atoms with Crippen LogP contribution in [0.1, 0.15) is 56.0 Å². The Kier molecular flexibility index (Phi) is 8.19. The Hall–Kier alpha value is -5.28. The highest BCUT2D eigenvalue weighted by Crippen LogP contribution is 2.42. The summed E-state index contributed by atoms with van der Waals surface area (Å²) in [4.78, 5) is 0. The summed E-state index contributed by atoms with van der Waals surface area (Å²) in [6.45, 7) is 13.0. The lowest BCUT2D eigenvalue weighted by atomic mass is 9.78. The van der Waals surface area contributed by atoms with Crippen LogP contribution in [-0.2, 0) is 0 Å². The molecule has 0 aromatic heterocycles. The molecular weight excluding hydrogens is 564 g/mol. The predicted octanol–water partition coefficient (Wildman–Crippen LogP) is 10.8.